The molecule has 3 aromatic carbocycles. The fraction of sp³-hybridized carbons (Fsp3) is 0.455. The monoisotopic (exact) mass is 760 g/mol. The van der Waals surface area contributed by atoms with E-state index in [4.69, 9.17) is 19.2 Å². The topological polar surface area (TPSA) is 142 Å². The van der Waals surface area contributed by atoms with Crippen molar-refractivity contribution >= 4 is 39.8 Å². The van der Waals surface area contributed by atoms with Gasteiger partial charge in [0, 0.05) is 35.1 Å². The number of aromatic nitrogens is 3. The molecule has 0 bridgehead atoms. The molecule has 12 heteroatoms. The number of hydrogen-bond acceptors (Lipinski definition) is 7. The first-order valence-corrected chi connectivity index (χ1v) is 19.7. The summed E-state index contributed by atoms with van der Waals surface area (Å²) in [5.74, 6) is 2.02. The molecule has 2 fully saturated rings. The minimum Gasteiger partial charge on any atom is -0.488 e. The second-order valence-electron chi connectivity index (χ2n) is 17.4. The van der Waals surface area contributed by atoms with Crippen molar-refractivity contribution in [2.24, 2.45) is 17.8 Å². The zero-order chi connectivity index (χ0) is 39.6. The average molecular weight is 761 g/mol. The highest BCUT2D eigenvalue weighted by molar-refractivity contribution is 6.08. The Labute approximate surface area is 327 Å². The number of methoxy groups -OCH3 is 1. The van der Waals surface area contributed by atoms with Crippen LogP contribution in [-0.2, 0) is 20.9 Å². The second kappa shape index (κ2) is 14.2. The number of H-pyrrole nitrogens is 2. The summed E-state index contributed by atoms with van der Waals surface area (Å²) in [5.41, 5.74) is 6.54. The van der Waals surface area contributed by atoms with Crippen LogP contribution in [0.3, 0.4) is 0 Å². The van der Waals surface area contributed by atoms with Crippen molar-refractivity contribution in [3.05, 3.63) is 71.8 Å². The summed E-state index contributed by atoms with van der Waals surface area (Å²) in [4.78, 5) is 54.7. The van der Waals surface area contributed by atoms with Gasteiger partial charge in [0.15, 0.2) is 0 Å². The summed E-state index contributed by atoms with van der Waals surface area (Å²) in [6, 6.07) is 16.2. The van der Waals surface area contributed by atoms with Crippen molar-refractivity contribution in [1.29, 1.82) is 0 Å². The van der Waals surface area contributed by atoms with Crippen LogP contribution >= 0.6 is 0 Å². The van der Waals surface area contributed by atoms with Crippen LogP contribution in [0.15, 0.2) is 54.7 Å². The Kier molecular flexibility index (Phi) is 9.49. The van der Waals surface area contributed by atoms with E-state index in [9.17, 15) is 14.4 Å². The van der Waals surface area contributed by atoms with Crippen molar-refractivity contribution in [3.8, 4) is 28.1 Å². The standard InChI is InChI=1S/C44H52N6O6/c1-23(2)38(48-42(52)54-8)41(51)49-20-24(3)13-35(49)33-17-28-10-9-26-16-32-30-12-11-27(15-29(30)22-55-37(32)18-31(26)39(28)46-33)34-19-45-40(47-34)36-14-25(4)21-50(36)43(53)56-44(5,6)7/h9-12,15-19,23-25,35-36,38,46H,13-14,20-22H2,1-8H3,(H,45,47)(H,48,52)/t24-,25-,35-,36-,38-/m0/s1. The first-order valence-electron chi connectivity index (χ1n) is 19.7. The average Bonchev–Trinajstić information content (AvgIpc) is 3.97. The van der Waals surface area contributed by atoms with Crippen LogP contribution in [-0.4, -0.2) is 74.7 Å². The number of aromatic amines is 2. The number of benzene rings is 3. The predicted octanol–water partition coefficient (Wildman–Crippen LogP) is 8.88. The van der Waals surface area contributed by atoms with Gasteiger partial charge in [-0.2, -0.15) is 0 Å². The Morgan fingerprint density at radius 1 is 0.911 bits per heavy atom. The van der Waals surface area contributed by atoms with E-state index in [1.54, 1.807) is 4.90 Å². The maximum absolute atomic E-state index is 13.9. The quantitative estimate of drug-likeness (QED) is 0.157. The maximum Gasteiger partial charge on any atom is 0.410 e. The molecule has 0 radical (unpaired) electrons. The third-order valence-corrected chi connectivity index (χ3v) is 11.4. The molecule has 3 aliphatic rings. The summed E-state index contributed by atoms with van der Waals surface area (Å²) in [6.45, 7) is 15.5. The van der Waals surface area contributed by atoms with Gasteiger partial charge < -0.3 is 34.4 Å². The largest absolute Gasteiger partial charge is 0.488 e. The van der Waals surface area contributed by atoms with E-state index >= 15 is 0 Å². The Morgan fingerprint density at radius 2 is 1.64 bits per heavy atom. The lowest BCUT2D eigenvalue weighted by atomic mass is 9.92. The number of likely N-dealkylation sites (tertiary alicyclic amines) is 2. The highest BCUT2D eigenvalue weighted by Gasteiger charge is 2.40. The first-order chi connectivity index (χ1) is 26.7. The Bertz CT molecular complexity index is 2340. The molecule has 3 N–H and O–H groups in total. The van der Waals surface area contributed by atoms with Gasteiger partial charge in [0.25, 0.3) is 0 Å². The number of imidazole rings is 1. The minimum absolute atomic E-state index is 0.102. The Balaban J connectivity index is 1.06. The summed E-state index contributed by atoms with van der Waals surface area (Å²) in [5, 5.41) is 5.95. The Hall–Kier alpha value is -5.52. The molecule has 56 heavy (non-hydrogen) atoms. The minimum atomic E-state index is -0.683. The molecule has 0 aliphatic carbocycles. The maximum atomic E-state index is 13.9. The number of nitrogens with zero attached hydrogens (tertiary/aromatic N) is 3. The molecule has 0 unspecified atom stereocenters. The lowest BCUT2D eigenvalue weighted by Gasteiger charge is -2.30. The van der Waals surface area contributed by atoms with Crippen molar-refractivity contribution in [2.75, 3.05) is 20.2 Å². The summed E-state index contributed by atoms with van der Waals surface area (Å²) in [6.07, 6.45) is 2.56. The molecule has 8 rings (SSSR count). The number of alkyl carbamates (subject to hydrolysis) is 1. The van der Waals surface area contributed by atoms with Crippen LogP contribution in [0.4, 0.5) is 9.59 Å². The van der Waals surface area contributed by atoms with Crippen LogP contribution in [0.1, 0.15) is 90.5 Å². The SMILES string of the molecule is COC(=O)N[C@H](C(=O)N1C[C@@H](C)C[C@H]1c1cc2ccc3cc4c(cc3c2[nH]1)OCc1cc(-c2cnc([C@@H]3C[C@H](C)CN3C(=O)OC(C)(C)C)[nH]2)ccc1-4)C(C)C. The summed E-state index contributed by atoms with van der Waals surface area (Å²) >= 11 is 0. The molecule has 12 nitrogen and oxygen atoms in total. The van der Waals surface area contributed by atoms with Crippen molar-refractivity contribution in [2.45, 2.75) is 91.6 Å². The molecule has 294 valence electrons. The summed E-state index contributed by atoms with van der Waals surface area (Å²) in [7, 11) is 1.31. The van der Waals surface area contributed by atoms with Gasteiger partial charge in [0.2, 0.25) is 5.91 Å². The van der Waals surface area contributed by atoms with Gasteiger partial charge in [0.05, 0.1) is 36.6 Å². The number of carbonyl (C=O) groups is 3. The van der Waals surface area contributed by atoms with E-state index in [-0.39, 0.29) is 30.0 Å². The molecular weight excluding hydrogens is 709 g/mol. The van der Waals surface area contributed by atoms with Crippen molar-refractivity contribution in [3.63, 3.8) is 0 Å². The fourth-order valence-corrected chi connectivity index (χ4v) is 8.73. The molecule has 3 aliphatic heterocycles. The molecule has 0 saturated carbocycles. The van der Waals surface area contributed by atoms with E-state index in [2.05, 4.69) is 77.7 Å². The van der Waals surface area contributed by atoms with Gasteiger partial charge in [-0.3, -0.25) is 9.69 Å². The third kappa shape index (κ3) is 6.94. The molecule has 3 amide bonds. The number of fused-ring (bicyclic) bond motifs is 6. The highest BCUT2D eigenvalue weighted by atomic mass is 16.6. The summed E-state index contributed by atoms with van der Waals surface area (Å²) < 4.78 is 17.0. The second-order valence-corrected chi connectivity index (χ2v) is 17.4. The van der Waals surface area contributed by atoms with Gasteiger partial charge in [-0.25, -0.2) is 14.6 Å². The smallest absolute Gasteiger partial charge is 0.410 e. The van der Waals surface area contributed by atoms with Gasteiger partial charge >= 0.3 is 12.2 Å². The fourth-order valence-electron chi connectivity index (χ4n) is 8.73. The van der Waals surface area contributed by atoms with Crippen LogP contribution < -0.4 is 10.1 Å². The third-order valence-electron chi connectivity index (χ3n) is 11.4. The van der Waals surface area contributed by atoms with Gasteiger partial charge in [-0.15, -0.1) is 0 Å². The van der Waals surface area contributed by atoms with E-state index in [0.717, 1.165) is 79.7 Å². The lowest BCUT2D eigenvalue weighted by molar-refractivity contribution is -0.135. The molecule has 2 aromatic heterocycles. The molecule has 5 heterocycles. The van der Waals surface area contributed by atoms with Crippen LogP contribution in [0.2, 0.25) is 0 Å². The number of ether oxygens (including phenoxy) is 3. The number of hydrogen-bond donors (Lipinski definition) is 3. The number of carbonyl (C=O) groups excluding carboxylic acids is 3. The molecular formula is C44H52N6O6. The number of amides is 3. The van der Waals surface area contributed by atoms with Gasteiger partial charge in [0.1, 0.15) is 29.8 Å². The lowest BCUT2D eigenvalue weighted by Crippen LogP contribution is -2.51. The molecule has 5 aromatic rings. The molecule has 5 atom stereocenters. The van der Waals surface area contributed by atoms with Crippen LogP contribution in [0, 0.1) is 17.8 Å². The normalized spacial score (nSPS) is 21.2. The van der Waals surface area contributed by atoms with Crippen molar-refractivity contribution < 1.29 is 28.6 Å². The van der Waals surface area contributed by atoms with E-state index < -0.39 is 17.7 Å². The van der Waals surface area contributed by atoms with Gasteiger partial charge in [-0.05, 0) is 97.7 Å². The van der Waals surface area contributed by atoms with E-state index in [1.807, 2.05) is 45.7 Å². The van der Waals surface area contributed by atoms with Crippen molar-refractivity contribution in [1.82, 2.24) is 30.1 Å². The number of rotatable bonds is 6. The van der Waals surface area contributed by atoms with Crippen LogP contribution in [0.25, 0.3) is 44.1 Å². The van der Waals surface area contributed by atoms with E-state index in [0.29, 0.717) is 31.5 Å². The highest BCUT2D eigenvalue weighted by Crippen LogP contribution is 2.44. The predicted molar refractivity (Wildman–Crippen MR) is 215 cm³/mol. The first kappa shape index (κ1) is 37.4. The number of nitrogens with one attached hydrogen (secondary N) is 3. The Morgan fingerprint density at radius 3 is 2.38 bits per heavy atom. The molecule has 0 spiro atoms. The van der Waals surface area contributed by atoms with E-state index in [1.165, 1.54) is 7.11 Å². The molecule has 2 saturated heterocycles. The zero-order valence-corrected chi connectivity index (χ0v) is 33.5. The van der Waals surface area contributed by atoms with Crippen LogP contribution in [0.5, 0.6) is 5.75 Å². The zero-order valence-electron chi connectivity index (χ0n) is 33.5. The van der Waals surface area contributed by atoms with Gasteiger partial charge in [-0.1, -0.05) is 52.0 Å².